The van der Waals surface area contributed by atoms with Gasteiger partial charge in [0.2, 0.25) is 0 Å². The Labute approximate surface area is 111 Å². The molecule has 0 saturated heterocycles. The van der Waals surface area contributed by atoms with Crippen LogP contribution in [0.1, 0.15) is 6.92 Å². The van der Waals surface area contributed by atoms with Gasteiger partial charge in [0.05, 0.1) is 5.69 Å². The summed E-state index contributed by atoms with van der Waals surface area (Å²) < 4.78 is 24.8. The third kappa shape index (κ3) is 2.50. The van der Waals surface area contributed by atoms with Gasteiger partial charge in [0.1, 0.15) is 5.75 Å². The Kier molecular flexibility index (Phi) is 3.38. The maximum Gasteiger partial charge on any atom is 0.261 e. The molecule has 0 bridgehead atoms. The minimum atomic E-state index is -3.77. The van der Waals surface area contributed by atoms with Crippen molar-refractivity contribution < 1.29 is 18.6 Å². The quantitative estimate of drug-likeness (QED) is 0.896. The molecule has 0 aliphatic heterocycles. The minimum Gasteiger partial charge on any atom is -0.508 e. The number of hydrogen-bond donors (Lipinski definition) is 2. The Morgan fingerprint density at radius 2 is 1.68 bits per heavy atom. The van der Waals surface area contributed by atoms with E-state index in [9.17, 15) is 18.6 Å². The Morgan fingerprint density at radius 1 is 1.11 bits per heavy atom. The summed E-state index contributed by atoms with van der Waals surface area (Å²) in [4.78, 5) is 0. The fraction of sp³-hybridized carbons (Fsp3) is 0.231. The van der Waals surface area contributed by atoms with Crippen LogP contribution in [0.4, 0.5) is 5.69 Å². The highest BCUT2D eigenvalue weighted by atomic mass is 32.2. The van der Waals surface area contributed by atoms with E-state index in [1.807, 2.05) is 0 Å². The zero-order chi connectivity index (χ0) is 14.2. The average Bonchev–Trinajstić information content (AvgIpc) is 2.37. The Bertz CT molecular complexity index is 710. The second-order valence-electron chi connectivity index (χ2n) is 4.33. The highest BCUT2D eigenvalue weighted by Gasteiger charge is 2.24. The molecule has 102 valence electrons. The molecule has 6 heteroatoms. The van der Waals surface area contributed by atoms with Crippen LogP contribution in [0.25, 0.3) is 10.8 Å². The first-order chi connectivity index (χ1) is 8.82. The molecule has 2 rings (SSSR count). The second kappa shape index (κ2) is 4.71. The highest BCUT2D eigenvalue weighted by molar-refractivity contribution is 7.93. The molecule has 0 saturated carbocycles. The Morgan fingerprint density at radius 3 is 2.32 bits per heavy atom. The molecule has 0 aliphatic carbocycles. The van der Waals surface area contributed by atoms with Gasteiger partial charge in [0.15, 0.2) is 5.44 Å². The molecule has 1 atom stereocenters. The molecule has 0 amide bonds. The zero-order valence-corrected chi connectivity index (χ0v) is 11.4. The molecule has 0 aromatic heterocycles. The molecule has 0 fully saturated rings. The van der Waals surface area contributed by atoms with Gasteiger partial charge in [-0.2, -0.15) is 0 Å². The van der Waals surface area contributed by atoms with Crippen molar-refractivity contribution in [2.45, 2.75) is 12.4 Å². The highest BCUT2D eigenvalue weighted by Crippen LogP contribution is 2.26. The fourth-order valence-corrected chi connectivity index (χ4v) is 2.66. The summed E-state index contributed by atoms with van der Waals surface area (Å²) in [7, 11) is -2.37. The lowest BCUT2D eigenvalue weighted by Gasteiger charge is -2.21. The van der Waals surface area contributed by atoms with Crippen molar-refractivity contribution in [1.82, 2.24) is 0 Å². The van der Waals surface area contributed by atoms with Crippen molar-refractivity contribution in [3.05, 3.63) is 36.4 Å². The molecule has 0 spiro atoms. The minimum absolute atomic E-state index is 0.158. The van der Waals surface area contributed by atoms with Crippen LogP contribution in [0, 0.1) is 0 Å². The zero-order valence-electron chi connectivity index (χ0n) is 10.6. The number of aliphatic hydroxyl groups excluding tert-OH is 1. The number of anilines is 1. The van der Waals surface area contributed by atoms with Crippen molar-refractivity contribution in [2.24, 2.45) is 0 Å². The predicted octanol–water partition coefficient (Wildman–Crippen LogP) is 1.65. The van der Waals surface area contributed by atoms with E-state index in [1.165, 1.54) is 20.0 Å². The van der Waals surface area contributed by atoms with Crippen LogP contribution >= 0.6 is 0 Å². The maximum atomic E-state index is 11.9. The number of nitrogens with zero attached hydrogens (tertiary/aromatic N) is 1. The Hall–Kier alpha value is -1.79. The van der Waals surface area contributed by atoms with Gasteiger partial charge in [-0.3, -0.25) is 4.31 Å². The summed E-state index contributed by atoms with van der Waals surface area (Å²) in [6, 6.07) is 9.88. The summed E-state index contributed by atoms with van der Waals surface area (Å²) in [6.45, 7) is 1.21. The summed E-state index contributed by atoms with van der Waals surface area (Å²) >= 11 is 0. The second-order valence-corrected chi connectivity index (χ2v) is 6.59. The van der Waals surface area contributed by atoms with Gasteiger partial charge in [0, 0.05) is 7.05 Å². The van der Waals surface area contributed by atoms with E-state index in [-0.39, 0.29) is 5.75 Å². The molecule has 1 unspecified atom stereocenters. The number of aliphatic hydroxyl groups is 1. The number of sulfonamides is 1. The van der Waals surface area contributed by atoms with Gasteiger partial charge in [-0.25, -0.2) is 8.42 Å². The van der Waals surface area contributed by atoms with Gasteiger partial charge < -0.3 is 10.2 Å². The number of phenols is 1. The van der Waals surface area contributed by atoms with Crippen molar-refractivity contribution in [1.29, 1.82) is 0 Å². The summed E-state index contributed by atoms with van der Waals surface area (Å²) in [5.41, 5.74) is -1.01. The van der Waals surface area contributed by atoms with Crippen molar-refractivity contribution in [2.75, 3.05) is 11.4 Å². The standard InChI is InChI=1S/C13H15NO4S/c1-9(15)19(17,18)14(2)12-5-3-11-8-13(16)6-4-10(11)7-12/h3-9,15-16H,1-2H3. The number of aromatic hydroxyl groups is 1. The lowest BCUT2D eigenvalue weighted by Crippen LogP contribution is -2.34. The molecular formula is C13H15NO4S. The van der Waals surface area contributed by atoms with E-state index >= 15 is 0 Å². The van der Waals surface area contributed by atoms with Gasteiger partial charge in [0.25, 0.3) is 10.0 Å². The van der Waals surface area contributed by atoms with E-state index in [4.69, 9.17) is 0 Å². The van der Waals surface area contributed by atoms with Crippen molar-refractivity contribution in [3.63, 3.8) is 0 Å². The lowest BCUT2D eigenvalue weighted by molar-refractivity contribution is 0.268. The van der Waals surface area contributed by atoms with Crippen LogP contribution < -0.4 is 4.31 Å². The predicted molar refractivity (Wildman–Crippen MR) is 74.6 cm³/mol. The smallest absolute Gasteiger partial charge is 0.261 e. The number of fused-ring (bicyclic) bond motifs is 1. The first-order valence-corrected chi connectivity index (χ1v) is 7.21. The third-order valence-electron chi connectivity index (χ3n) is 2.98. The molecule has 0 radical (unpaired) electrons. The van der Waals surface area contributed by atoms with E-state index in [0.29, 0.717) is 5.69 Å². The molecule has 19 heavy (non-hydrogen) atoms. The molecule has 0 heterocycles. The molecular weight excluding hydrogens is 266 g/mol. The monoisotopic (exact) mass is 281 g/mol. The van der Waals surface area contributed by atoms with Gasteiger partial charge >= 0.3 is 0 Å². The Balaban J connectivity index is 2.50. The lowest BCUT2D eigenvalue weighted by atomic mass is 10.1. The van der Waals surface area contributed by atoms with Crippen molar-refractivity contribution in [3.8, 4) is 5.75 Å². The van der Waals surface area contributed by atoms with Crippen molar-refractivity contribution >= 4 is 26.5 Å². The molecule has 2 aromatic carbocycles. The molecule has 5 nitrogen and oxygen atoms in total. The van der Waals surface area contributed by atoms with E-state index in [2.05, 4.69) is 0 Å². The van der Waals surface area contributed by atoms with Crippen LogP contribution in [-0.4, -0.2) is 31.1 Å². The molecule has 0 aliphatic rings. The number of rotatable bonds is 3. The number of phenolic OH excluding ortho intramolecular Hbond substituents is 1. The van der Waals surface area contributed by atoms with E-state index in [0.717, 1.165) is 15.1 Å². The maximum absolute atomic E-state index is 11.9. The van der Waals surface area contributed by atoms with Gasteiger partial charge in [-0.15, -0.1) is 0 Å². The number of hydrogen-bond acceptors (Lipinski definition) is 4. The van der Waals surface area contributed by atoms with Crippen LogP contribution in [0.2, 0.25) is 0 Å². The van der Waals surface area contributed by atoms with E-state index in [1.54, 1.807) is 30.3 Å². The first kappa shape index (κ1) is 13.6. The number of benzene rings is 2. The average molecular weight is 281 g/mol. The summed E-state index contributed by atoms with van der Waals surface area (Å²) in [6.07, 6.45) is 0. The van der Waals surface area contributed by atoms with E-state index < -0.39 is 15.5 Å². The largest absolute Gasteiger partial charge is 0.508 e. The van der Waals surface area contributed by atoms with Crippen LogP contribution in [0.15, 0.2) is 36.4 Å². The van der Waals surface area contributed by atoms with Crippen LogP contribution in [-0.2, 0) is 10.0 Å². The summed E-state index contributed by atoms with van der Waals surface area (Å²) in [5, 5.41) is 20.3. The van der Waals surface area contributed by atoms with Crippen LogP contribution in [0.5, 0.6) is 5.75 Å². The SMILES string of the molecule is CC(O)S(=O)(=O)N(C)c1ccc2cc(O)ccc2c1. The third-order valence-corrected chi connectivity index (χ3v) is 4.82. The topological polar surface area (TPSA) is 77.8 Å². The van der Waals surface area contributed by atoms with Gasteiger partial charge in [-0.05, 0) is 42.0 Å². The molecule has 2 aromatic rings. The first-order valence-electron chi connectivity index (χ1n) is 5.71. The summed E-state index contributed by atoms with van der Waals surface area (Å²) in [5.74, 6) is 0.158. The van der Waals surface area contributed by atoms with Gasteiger partial charge in [-0.1, -0.05) is 12.1 Å². The normalized spacial score (nSPS) is 13.4. The molecule has 2 N–H and O–H groups in total. The fourth-order valence-electron chi connectivity index (χ4n) is 1.79. The van der Waals surface area contributed by atoms with Crippen LogP contribution in [0.3, 0.4) is 0 Å².